The molecule has 2 N–H and O–H groups in total. The summed E-state index contributed by atoms with van der Waals surface area (Å²) in [5, 5.41) is 4.35. The molecule has 3 heterocycles. The summed E-state index contributed by atoms with van der Waals surface area (Å²) in [6.07, 6.45) is 0.0339. The van der Waals surface area contributed by atoms with Gasteiger partial charge in [0.1, 0.15) is 0 Å². The Morgan fingerprint density at radius 3 is 2.57 bits per heavy atom. The van der Waals surface area contributed by atoms with Crippen molar-refractivity contribution in [2.75, 3.05) is 36.9 Å². The molecule has 1 saturated heterocycles. The molecule has 2 aromatic heterocycles. The SMILES string of the molecule is CC(C)Oc1c2nc(N3CCOCC3)nc(N)c2nn1C. The molecule has 0 aliphatic carbocycles. The first-order valence-corrected chi connectivity index (χ1v) is 7.06. The summed E-state index contributed by atoms with van der Waals surface area (Å²) in [7, 11) is 1.81. The van der Waals surface area contributed by atoms with Crippen LogP contribution in [0.15, 0.2) is 0 Å². The first kappa shape index (κ1) is 13.9. The van der Waals surface area contributed by atoms with E-state index in [1.54, 1.807) is 4.68 Å². The van der Waals surface area contributed by atoms with Gasteiger partial charge in [-0.05, 0) is 13.8 Å². The summed E-state index contributed by atoms with van der Waals surface area (Å²) in [5.41, 5.74) is 7.26. The van der Waals surface area contributed by atoms with E-state index in [0.29, 0.717) is 41.9 Å². The number of morpholine rings is 1. The van der Waals surface area contributed by atoms with Crippen molar-refractivity contribution in [3.8, 4) is 5.88 Å². The Balaban J connectivity index is 2.07. The Kier molecular flexibility index (Phi) is 3.54. The lowest BCUT2D eigenvalue weighted by Crippen LogP contribution is -2.37. The second-order valence-corrected chi connectivity index (χ2v) is 5.30. The van der Waals surface area contributed by atoms with E-state index >= 15 is 0 Å². The van der Waals surface area contributed by atoms with Crippen LogP contribution in [-0.4, -0.2) is 52.2 Å². The predicted octanol–water partition coefficient (Wildman–Crippen LogP) is 0.569. The summed E-state index contributed by atoms with van der Waals surface area (Å²) >= 11 is 0. The third-order valence-electron chi connectivity index (χ3n) is 3.29. The van der Waals surface area contributed by atoms with Gasteiger partial charge in [0.25, 0.3) is 0 Å². The fraction of sp³-hybridized carbons (Fsp3) is 0.615. The number of aryl methyl sites for hydroxylation is 1. The van der Waals surface area contributed by atoms with Crippen molar-refractivity contribution in [2.24, 2.45) is 7.05 Å². The number of hydrogen-bond acceptors (Lipinski definition) is 7. The van der Waals surface area contributed by atoms with Crippen LogP contribution in [0, 0.1) is 0 Å². The maximum absolute atomic E-state index is 6.04. The standard InChI is InChI=1S/C13H20N6O2/c1-8(2)21-12-10-9(17-18(12)3)11(14)16-13(15-10)19-4-6-20-7-5-19/h8H,4-7H2,1-3H3,(H2,14,15,16). The number of hydrogen-bond donors (Lipinski definition) is 1. The van der Waals surface area contributed by atoms with Gasteiger partial charge in [-0.1, -0.05) is 0 Å². The number of nitrogens with two attached hydrogens (primary N) is 1. The third kappa shape index (κ3) is 2.58. The van der Waals surface area contributed by atoms with E-state index in [-0.39, 0.29) is 6.10 Å². The van der Waals surface area contributed by atoms with E-state index < -0.39 is 0 Å². The van der Waals surface area contributed by atoms with E-state index in [9.17, 15) is 0 Å². The molecule has 114 valence electrons. The number of rotatable bonds is 3. The van der Waals surface area contributed by atoms with Gasteiger partial charge in [0.15, 0.2) is 16.9 Å². The van der Waals surface area contributed by atoms with Crippen LogP contribution < -0.4 is 15.4 Å². The van der Waals surface area contributed by atoms with Gasteiger partial charge < -0.3 is 20.1 Å². The summed E-state index contributed by atoms with van der Waals surface area (Å²) in [5.74, 6) is 1.59. The fourth-order valence-electron chi connectivity index (χ4n) is 2.32. The number of anilines is 2. The number of nitrogens with zero attached hydrogens (tertiary/aromatic N) is 5. The highest BCUT2D eigenvalue weighted by atomic mass is 16.5. The van der Waals surface area contributed by atoms with Gasteiger partial charge in [0.05, 0.1) is 19.3 Å². The van der Waals surface area contributed by atoms with Crippen LogP contribution in [0.5, 0.6) is 5.88 Å². The molecule has 0 saturated carbocycles. The third-order valence-corrected chi connectivity index (χ3v) is 3.29. The predicted molar refractivity (Wildman–Crippen MR) is 79.5 cm³/mol. The lowest BCUT2D eigenvalue weighted by atomic mass is 10.4. The highest BCUT2D eigenvalue weighted by molar-refractivity contribution is 5.89. The van der Waals surface area contributed by atoms with Crippen molar-refractivity contribution in [1.82, 2.24) is 19.7 Å². The first-order valence-electron chi connectivity index (χ1n) is 7.06. The molecule has 8 heteroatoms. The molecule has 0 aromatic carbocycles. The van der Waals surface area contributed by atoms with Crippen LogP contribution in [-0.2, 0) is 11.8 Å². The highest BCUT2D eigenvalue weighted by Crippen LogP contribution is 2.29. The molecule has 0 amide bonds. The first-order chi connectivity index (χ1) is 10.1. The molecule has 0 bridgehead atoms. The lowest BCUT2D eigenvalue weighted by Gasteiger charge is -2.26. The molecule has 1 aliphatic rings. The van der Waals surface area contributed by atoms with Crippen LogP contribution in [0.4, 0.5) is 11.8 Å². The number of nitrogen functional groups attached to an aromatic ring is 1. The van der Waals surface area contributed by atoms with Crippen molar-refractivity contribution >= 4 is 22.8 Å². The van der Waals surface area contributed by atoms with Crippen molar-refractivity contribution in [2.45, 2.75) is 20.0 Å². The van der Waals surface area contributed by atoms with Crippen LogP contribution in [0.1, 0.15) is 13.8 Å². The molecular weight excluding hydrogens is 272 g/mol. The molecule has 0 unspecified atom stereocenters. The zero-order valence-electron chi connectivity index (χ0n) is 12.5. The molecule has 2 aromatic rings. The minimum Gasteiger partial charge on any atom is -0.474 e. The smallest absolute Gasteiger partial charge is 0.239 e. The van der Waals surface area contributed by atoms with Crippen LogP contribution in [0.25, 0.3) is 11.0 Å². The van der Waals surface area contributed by atoms with Crippen LogP contribution in [0.3, 0.4) is 0 Å². The van der Waals surface area contributed by atoms with E-state index in [2.05, 4.69) is 20.0 Å². The Morgan fingerprint density at radius 1 is 1.19 bits per heavy atom. The number of aromatic nitrogens is 4. The molecule has 0 radical (unpaired) electrons. The van der Waals surface area contributed by atoms with Gasteiger partial charge in [-0.15, -0.1) is 0 Å². The summed E-state index contributed by atoms with van der Waals surface area (Å²) in [6.45, 7) is 6.78. The Hall–Kier alpha value is -2.09. The molecule has 3 rings (SSSR count). The van der Waals surface area contributed by atoms with E-state index in [0.717, 1.165) is 13.1 Å². The van der Waals surface area contributed by atoms with Gasteiger partial charge in [0.2, 0.25) is 11.8 Å². The second kappa shape index (κ2) is 5.36. The molecule has 1 aliphatic heterocycles. The minimum atomic E-state index is 0.0339. The number of fused-ring (bicyclic) bond motifs is 1. The van der Waals surface area contributed by atoms with Gasteiger partial charge in [-0.25, -0.2) is 9.67 Å². The van der Waals surface area contributed by atoms with Gasteiger partial charge in [-0.3, -0.25) is 0 Å². The summed E-state index contributed by atoms with van der Waals surface area (Å²) < 4.78 is 12.8. The fourth-order valence-corrected chi connectivity index (χ4v) is 2.32. The van der Waals surface area contributed by atoms with Crippen molar-refractivity contribution in [3.63, 3.8) is 0 Å². The van der Waals surface area contributed by atoms with E-state index in [1.807, 2.05) is 20.9 Å². The average molecular weight is 292 g/mol. The lowest BCUT2D eigenvalue weighted by molar-refractivity contribution is 0.122. The maximum Gasteiger partial charge on any atom is 0.239 e. The van der Waals surface area contributed by atoms with E-state index in [4.69, 9.17) is 15.2 Å². The minimum absolute atomic E-state index is 0.0339. The highest BCUT2D eigenvalue weighted by Gasteiger charge is 2.21. The Labute approximate surface area is 122 Å². The van der Waals surface area contributed by atoms with Gasteiger partial charge in [0, 0.05) is 20.1 Å². The summed E-state index contributed by atoms with van der Waals surface area (Å²) in [4.78, 5) is 11.0. The zero-order valence-corrected chi connectivity index (χ0v) is 12.5. The number of ether oxygens (including phenoxy) is 2. The van der Waals surface area contributed by atoms with Crippen molar-refractivity contribution < 1.29 is 9.47 Å². The van der Waals surface area contributed by atoms with Crippen molar-refractivity contribution in [3.05, 3.63) is 0 Å². The monoisotopic (exact) mass is 292 g/mol. The van der Waals surface area contributed by atoms with Crippen molar-refractivity contribution in [1.29, 1.82) is 0 Å². The largest absolute Gasteiger partial charge is 0.474 e. The normalized spacial score (nSPS) is 15.9. The molecule has 1 fully saturated rings. The quantitative estimate of drug-likeness (QED) is 0.884. The zero-order chi connectivity index (χ0) is 15.0. The average Bonchev–Trinajstić information content (AvgIpc) is 2.77. The van der Waals surface area contributed by atoms with Gasteiger partial charge >= 0.3 is 0 Å². The Bertz CT molecular complexity index is 648. The molecule has 21 heavy (non-hydrogen) atoms. The summed E-state index contributed by atoms with van der Waals surface area (Å²) in [6, 6.07) is 0. The molecule has 0 spiro atoms. The van der Waals surface area contributed by atoms with Crippen LogP contribution in [0.2, 0.25) is 0 Å². The van der Waals surface area contributed by atoms with E-state index in [1.165, 1.54) is 0 Å². The second-order valence-electron chi connectivity index (χ2n) is 5.30. The van der Waals surface area contributed by atoms with Crippen LogP contribution >= 0.6 is 0 Å². The van der Waals surface area contributed by atoms with Gasteiger partial charge in [-0.2, -0.15) is 10.1 Å². The Morgan fingerprint density at radius 2 is 1.90 bits per heavy atom. The molecular formula is C13H20N6O2. The maximum atomic E-state index is 6.04. The molecule has 8 nitrogen and oxygen atoms in total. The topological polar surface area (TPSA) is 91.3 Å². The molecule has 0 atom stereocenters.